The zero-order chi connectivity index (χ0) is 19.6. The van der Waals surface area contributed by atoms with Crippen LogP contribution < -0.4 is 11.1 Å². The monoisotopic (exact) mass is 380 g/mol. The third-order valence-electron chi connectivity index (χ3n) is 4.63. The zero-order valence-electron chi connectivity index (χ0n) is 14.4. The molecule has 2 amide bonds. The first kappa shape index (κ1) is 18.9. The lowest BCUT2D eigenvalue weighted by Gasteiger charge is -2.26. The molecule has 0 radical (unpaired) electrons. The standard InChI is InChI=1S/C18H19F3N4O2/c19-18(20,21)13-3-1-2-11(8-13)12-4-5-16-24-9-14(25(16)10-12)17(27)23-7-6-15(22)26/h1-3,8-9,12H,4-7,10H2,(H2,22,26)(H,23,27). The van der Waals surface area contributed by atoms with Crippen LogP contribution in [0.2, 0.25) is 0 Å². The van der Waals surface area contributed by atoms with Crippen molar-refractivity contribution in [1.29, 1.82) is 0 Å². The first-order valence-corrected chi connectivity index (χ1v) is 8.53. The van der Waals surface area contributed by atoms with Crippen molar-refractivity contribution in [2.24, 2.45) is 5.73 Å². The Morgan fingerprint density at radius 2 is 2.11 bits per heavy atom. The van der Waals surface area contributed by atoms with Gasteiger partial charge >= 0.3 is 6.18 Å². The Balaban J connectivity index is 1.77. The molecule has 1 unspecified atom stereocenters. The van der Waals surface area contributed by atoms with Gasteiger partial charge in [0.2, 0.25) is 5.91 Å². The van der Waals surface area contributed by atoms with Gasteiger partial charge in [-0.1, -0.05) is 18.2 Å². The number of nitrogens with one attached hydrogen (secondary N) is 1. The van der Waals surface area contributed by atoms with Crippen molar-refractivity contribution >= 4 is 11.8 Å². The number of alkyl halides is 3. The molecular formula is C18H19F3N4O2. The maximum absolute atomic E-state index is 13.0. The molecule has 27 heavy (non-hydrogen) atoms. The number of hydrogen-bond donors (Lipinski definition) is 2. The zero-order valence-corrected chi connectivity index (χ0v) is 14.4. The summed E-state index contributed by atoms with van der Waals surface area (Å²) < 4.78 is 40.6. The number of amides is 2. The maximum Gasteiger partial charge on any atom is 0.416 e. The van der Waals surface area contributed by atoms with Gasteiger partial charge in [0.15, 0.2) is 0 Å². The number of carbonyl (C=O) groups excluding carboxylic acids is 2. The number of hydrogen-bond acceptors (Lipinski definition) is 3. The van der Waals surface area contributed by atoms with E-state index in [2.05, 4.69) is 10.3 Å². The van der Waals surface area contributed by atoms with Crippen LogP contribution in [0.3, 0.4) is 0 Å². The number of aryl methyl sites for hydroxylation is 1. The van der Waals surface area contributed by atoms with Crippen LogP contribution in [-0.4, -0.2) is 27.9 Å². The third kappa shape index (κ3) is 4.29. The van der Waals surface area contributed by atoms with E-state index in [0.717, 1.165) is 11.9 Å². The van der Waals surface area contributed by atoms with Crippen LogP contribution in [0.4, 0.5) is 13.2 Å². The average Bonchev–Trinajstić information content (AvgIpc) is 3.04. The highest BCUT2D eigenvalue weighted by atomic mass is 19.4. The Labute approximate surface area is 153 Å². The minimum atomic E-state index is -4.39. The van der Waals surface area contributed by atoms with E-state index in [1.54, 1.807) is 10.6 Å². The quantitative estimate of drug-likeness (QED) is 0.834. The lowest BCUT2D eigenvalue weighted by atomic mass is 9.90. The number of aromatic nitrogens is 2. The predicted octanol–water partition coefficient (Wildman–Crippen LogP) is 2.24. The first-order valence-electron chi connectivity index (χ1n) is 8.53. The van der Waals surface area contributed by atoms with E-state index in [4.69, 9.17) is 5.73 Å². The predicted molar refractivity (Wildman–Crippen MR) is 90.9 cm³/mol. The second-order valence-electron chi connectivity index (χ2n) is 6.50. The molecule has 3 N–H and O–H groups in total. The second-order valence-corrected chi connectivity index (χ2v) is 6.50. The van der Waals surface area contributed by atoms with Crippen molar-refractivity contribution in [2.45, 2.75) is 37.9 Å². The minimum Gasteiger partial charge on any atom is -0.370 e. The molecule has 2 heterocycles. The van der Waals surface area contributed by atoms with Gasteiger partial charge in [-0.2, -0.15) is 13.2 Å². The maximum atomic E-state index is 13.0. The molecule has 1 aromatic heterocycles. The van der Waals surface area contributed by atoms with Gasteiger partial charge in [0.05, 0.1) is 11.8 Å². The highest BCUT2D eigenvalue weighted by Gasteiger charge is 2.32. The van der Waals surface area contributed by atoms with Gasteiger partial charge in [-0.15, -0.1) is 0 Å². The number of nitrogens with zero attached hydrogens (tertiary/aromatic N) is 2. The molecular weight excluding hydrogens is 361 g/mol. The topological polar surface area (TPSA) is 90.0 Å². The van der Waals surface area contributed by atoms with Crippen LogP contribution in [0.15, 0.2) is 30.5 Å². The summed E-state index contributed by atoms with van der Waals surface area (Å²) in [4.78, 5) is 27.3. The Morgan fingerprint density at radius 3 is 2.81 bits per heavy atom. The molecule has 0 saturated heterocycles. The van der Waals surface area contributed by atoms with Crippen LogP contribution in [0.1, 0.15) is 46.2 Å². The summed E-state index contributed by atoms with van der Waals surface area (Å²) in [5.74, 6) is -0.334. The number of fused-ring (bicyclic) bond motifs is 1. The van der Waals surface area contributed by atoms with Gasteiger partial charge in [0.25, 0.3) is 5.91 Å². The van der Waals surface area contributed by atoms with Gasteiger partial charge in [-0.3, -0.25) is 9.59 Å². The van der Waals surface area contributed by atoms with E-state index in [9.17, 15) is 22.8 Å². The Hall–Kier alpha value is -2.84. The van der Waals surface area contributed by atoms with Crippen LogP contribution in [0, 0.1) is 0 Å². The number of carbonyl (C=O) groups is 2. The first-order chi connectivity index (χ1) is 12.8. The summed E-state index contributed by atoms with van der Waals surface area (Å²) in [6.45, 7) is 0.487. The molecule has 0 saturated carbocycles. The summed E-state index contributed by atoms with van der Waals surface area (Å²) in [5, 5.41) is 2.60. The molecule has 1 atom stereocenters. The number of imidazole rings is 1. The van der Waals surface area contributed by atoms with Crippen LogP contribution in [0.25, 0.3) is 0 Å². The van der Waals surface area contributed by atoms with Gasteiger partial charge < -0.3 is 15.6 Å². The van der Waals surface area contributed by atoms with E-state index in [1.165, 1.54) is 18.3 Å². The molecule has 0 fully saturated rings. The van der Waals surface area contributed by atoms with E-state index >= 15 is 0 Å². The van der Waals surface area contributed by atoms with Crippen molar-refractivity contribution in [1.82, 2.24) is 14.9 Å². The van der Waals surface area contributed by atoms with Gasteiger partial charge in [-0.25, -0.2) is 4.98 Å². The van der Waals surface area contributed by atoms with Crippen molar-refractivity contribution < 1.29 is 22.8 Å². The van der Waals surface area contributed by atoms with Crippen LogP contribution in [-0.2, 0) is 23.9 Å². The number of benzene rings is 1. The van der Waals surface area contributed by atoms with E-state index in [-0.39, 0.29) is 24.8 Å². The summed E-state index contributed by atoms with van der Waals surface area (Å²) in [5.41, 5.74) is 5.28. The van der Waals surface area contributed by atoms with Gasteiger partial charge in [0, 0.05) is 31.8 Å². The number of halogens is 3. The normalized spacial score (nSPS) is 16.6. The fourth-order valence-electron chi connectivity index (χ4n) is 3.24. The van der Waals surface area contributed by atoms with Gasteiger partial charge in [-0.05, 0) is 18.1 Å². The molecule has 3 rings (SSSR count). The minimum absolute atomic E-state index is 0.0274. The molecule has 6 nitrogen and oxygen atoms in total. The Kier molecular flexibility index (Phi) is 5.20. The molecule has 1 aliphatic rings. The third-order valence-corrected chi connectivity index (χ3v) is 4.63. The fourth-order valence-corrected chi connectivity index (χ4v) is 3.24. The molecule has 0 aliphatic carbocycles. The summed E-state index contributed by atoms with van der Waals surface area (Å²) >= 11 is 0. The van der Waals surface area contributed by atoms with E-state index < -0.39 is 17.6 Å². The highest BCUT2D eigenvalue weighted by molar-refractivity contribution is 5.92. The fraction of sp³-hybridized carbons (Fsp3) is 0.389. The summed E-state index contributed by atoms with van der Waals surface area (Å²) in [6.07, 6.45) is -1.70. The van der Waals surface area contributed by atoms with E-state index in [1.807, 2.05) is 0 Å². The number of primary amides is 1. The number of rotatable bonds is 5. The highest BCUT2D eigenvalue weighted by Crippen LogP contribution is 2.34. The Morgan fingerprint density at radius 1 is 1.33 bits per heavy atom. The smallest absolute Gasteiger partial charge is 0.370 e. The molecule has 9 heteroatoms. The van der Waals surface area contributed by atoms with Crippen molar-refractivity contribution in [3.8, 4) is 0 Å². The van der Waals surface area contributed by atoms with Gasteiger partial charge in [0.1, 0.15) is 11.5 Å². The molecule has 2 aromatic rings. The molecule has 1 aliphatic heterocycles. The average molecular weight is 380 g/mol. The Bertz CT molecular complexity index is 861. The SMILES string of the molecule is NC(=O)CCNC(=O)c1cnc2n1CC(c1cccc(C(F)(F)F)c1)CC2. The van der Waals surface area contributed by atoms with Crippen molar-refractivity contribution in [2.75, 3.05) is 6.54 Å². The molecule has 0 spiro atoms. The van der Waals surface area contributed by atoms with Crippen molar-refractivity contribution in [3.63, 3.8) is 0 Å². The van der Waals surface area contributed by atoms with Crippen LogP contribution >= 0.6 is 0 Å². The summed E-state index contributed by atoms with van der Waals surface area (Å²) in [6, 6.07) is 5.29. The largest absolute Gasteiger partial charge is 0.416 e. The second kappa shape index (κ2) is 7.42. The molecule has 0 bridgehead atoms. The lowest BCUT2D eigenvalue weighted by Crippen LogP contribution is -2.31. The van der Waals surface area contributed by atoms with E-state index in [0.29, 0.717) is 30.6 Å². The van der Waals surface area contributed by atoms with Crippen LogP contribution in [0.5, 0.6) is 0 Å². The molecule has 1 aromatic carbocycles. The lowest BCUT2D eigenvalue weighted by molar-refractivity contribution is -0.137. The van der Waals surface area contributed by atoms with Crippen molar-refractivity contribution in [3.05, 3.63) is 53.1 Å². The summed E-state index contributed by atoms with van der Waals surface area (Å²) in [7, 11) is 0. The molecule has 144 valence electrons. The number of nitrogens with two attached hydrogens (primary N) is 1.